The van der Waals surface area contributed by atoms with Crippen LogP contribution in [0.25, 0.3) is 0 Å². The predicted molar refractivity (Wildman–Crippen MR) is 78.9 cm³/mol. The molecule has 0 amide bonds. The molecule has 1 aliphatic carbocycles. The molecule has 0 aromatic heterocycles. The Morgan fingerprint density at radius 3 is 2.50 bits per heavy atom. The summed E-state index contributed by atoms with van der Waals surface area (Å²) < 4.78 is 5.20. The fraction of sp³-hybridized carbons (Fsp3) is 1.00. The zero-order valence-corrected chi connectivity index (χ0v) is 12.7. The zero-order valence-electron chi connectivity index (χ0n) is 12.7. The molecule has 2 unspecified atom stereocenters. The van der Waals surface area contributed by atoms with E-state index in [9.17, 15) is 0 Å². The van der Waals surface area contributed by atoms with Crippen molar-refractivity contribution in [2.75, 3.05) is 26.8 Å². The molecule has 0 radical (unpaired) electrons. The Bertz CT molecular complexity index is 194. The van der Waals surface area contributed by atoms with Gasteiger partial charge in [-0.2, -0.15) is 0 Å². The molecule has 1 saturated carbocycles. The first kappa shape index (κ1) is 16.0. The SMILES string of the molecule is COCCCC1CCCCCC1CNCC(C)C. The number of hydrogen-bond acceptors (Lipinski definition) is 2. The Morgan fingerprint density at radius 1 is 1.11 bits per heavy atom. The molecule has 2 heteroatoms. The lowest BCUT2D eigenvalue weighted by Crippen LogP contribution is -2.30. The molecule has 2 atom stereocenters. The fourth-order valence-electron chi connectivity index (χ4n) is 3.16. The van der Waals surface area contributed by atoms with Crippen LogP contribution in [0.15, 0.2) is 0 Å². The second-order valence-corrected chi connectivity index (χ2v) is 6.35. The highest BCUT2D eigenvalue weighted by Crippen LogP contribution is 2.31. The maximum absolute atomic E-state index is 5.20. The molecule has 0 aliphatic heterocycles. The van der Waals surface area contributed by atoms with Crippen LogP contribution in [0.3, 0.4) is 0 Å². The van der Waals surface area contributed by atoms with E-state index >= 15 is 0 Å². The van der Waals surface area contributed by atoms with Crippen LogP contribution < -0.4 is 5.32 Å². The van der Waals surface area contributed by atoms with Gasteiger partial charge in [-0.3, -0.25) is 0 Å². The van der Waals surface area contributed by atoms with E-state index in [4.69, 9.17) is 4.74 Å². The van der Waals surface area contributed by atoms with Gasteiger partial charge in [0, 0.05) is 13.7 Å². The molecular formula is C16H33NO. The van der Waals surface area contributed by atoms with Crippen molar-refractivity contribution in [1.82, 2.24) is 5.32 Å². The van der Waals surface area contributed by atoms with Crippen LogP contribution in [0, 0.1) is 17.8 Å². The van der Waals surface area contributed by atoms with Crippen LogP contribution in [0.4, 0.5) is 0 Å². The van der Waals surface area contributed by atoms with Gasteiger partial charge in [0.15, 0.2) is 0 Å². The van der Waals surface area contributed by atoms with Gasteiger partial charge in [-0.15, -0.1) is 0 Å². The Labute approximate surface area is 114 Å². The van der Waals surface area contributed by atoms with Crippen molar-refractivity contribution in [2.24, 2.45) is 17.8 Å². The summed E-state index contributed by atoms with van der Waals surface area (Å²) in [6.45, 7) is 7.91. The van der Waals surface area contributed by atoms with Crippen molar-refractivity contribution in [2.45, 2.75) is 58.8 Å². The third-order valence-electron chi connectivity index (χ3n) is 4.20. The summed E-state index contributed by atoms with van der Waals surface area (Å²) >= 11 is 0. The molecule has 2 nitrogen and oxygen atoms in total. The molecule has 1 N–H and O–H groups in total. The number of nitrogens with one attached hydrogen (secondary N) is 1. The van der Waals surface area contributed by atoms with Gasteiger partial charge in [0.25, 0.3) is 0 Å². The van der Waals surface area contributed by atoms with Crippen LogP contribution in [-0.4, -0.2) is 26.8 Å². The first-order valence-corrected chi connectivity index (χ1v) is 7.93. The maximum atomic E-state index is 5.20. The van der Waals surface area contributed by atoms with E-state index in [0.717, 1.165) is 24.4 Å². The molecule has 1 aliphatic rings. The van der Waals surface area contributed by atoms with Gasteiger partial charge in [0.1, 0.15) is 0 Å². The molecule has 1 fully saturated rings. The Hall–Kier alpha value is -0.0800. The molecule has 0 spiro atoms. The van der Waals surface area contributed by atoms with Crippen molar-refractivity contribution in [3.63, 3.8) is 0 Å². The summed E-state index contributed by atoms with van der Waals surface area (Å²) in [5.41, 5.74) is 0. The number of methoxy groups -OCH3 is 1. The van der Waals surface area contributed by atoms with Crippen molar-refractivity contribution in [3.8, 4) is 0 Å². The van der Waals surface area contributed by atoms with Gasteiger partial charge < -0.3 is 10.1 Å². The van der Waals surface area contributed by atoms with E-state index < -0.39 is 0 Å². The number of hydrogen-bond donors (Lipinski definition) is 1. The van der Waals surface area contributed by atoms with Crippen molar-refractivity contribution < 1.29 is 4.74 Å². The Kier molecular flexibility index (Phi) is 8.70. The molecule has 0 heterocycles. The first-order chi connectivity index (χ1) is 8.74. The summed E-state index contributed by atoms with van der Waals surface area (Å²) in [6, 6.07) is 0. The summed E-state index contributed by atoms with van der Waals surface area (Å²) in [7, 11) is 1.81. The minimum absolute atomic E-state index is 0.766. The highest BCUT2D eigenvalue weighted by atomic mass is 16.5. The van der Waals surface area contributed by atoms with E-state index in [1.165, 1.54) is 58.0 Å². The van der Waals surface area contributed by atoms with Crippen LogP contribution in [0.5, 0.6) is 0 Å². The standard InChI is InChI=1S/C16H33NO/c1-14(2)12-17-13-16-9-6-4-5-8-15(16)10-7-11-18-3/h14-17H,4-13H2,1-3H3. The van der Waals surface area contributed by atoms with Gasteiger partial charge in [-0.25, -0.2) is 0 Å². The monoisotopic (exact) mass is 255 g/mol. The van der Waals surface area contributed by atoms with Gasteiger partial charge >= 0.3 is 0 Å². The number of ether oxygens (including phenoxy) is 1. The van der Waals surface area contributed by atoms with Crippen LogP contribution >= 0.6 is 0 Å². The topological polar surface area (TPSA) is 21.3 Å². The molecular weight excluding hydrogens is 222 g/mol. The van der Waals surface area contributed by atoms with E-state index in [-0.39, 0.29) is 0 Å². The van der Waals surface area contributed by atoms with E-state index in [2.05, 4.69) is 19.2 Å². The summed E-state index contributed by atoms with van der Waals surface area (Å²) in [5.74, 6) is 2.60. The normalized spacial score (nSPS) is 25.3. The molecule has 0 aromatic carbocycles. The van der Waals surface area contributed by atoms with Gasteiger partial charge in [-0.05, 0) is 50.1 Å². The lowest BCUT2D eigenvalue weighted by atomic mass is 9.84. The van der Waals surface area contributed by atoms with Crippen molar-refractivity contribution in [1.29, 1.82) is 0 Å². The Balaban J connectivity index is 2.31. The fourth-order valence-corrected chi connectivity index (χ4v) is 3.16. The third kappa shape index (κ3) is 6.75. The average molecular weight is 255 g/mol. The largest absolute Gasteiger partial charge is 0.385 e. The molecule has 108 valence electrons. The Morgan fingerprint density at radius 2 is 1.83 bits per heavy atom. The third-order valence-corrected chi connectivity index (χ3v) is 4.20. The summed E-state index contributed by atoms with van der Waals surface area (Å²) in [6.07, 6.45) is 9.80. The smallest absolute Gasteiger partial charge is 0.0462 e. The highest BCUT2D eigenvalue weighted by molar-refractivity contribution is 4.76. The molecule has 1 rings (SSSR count). The molecule has 0 aromatic rings. The first-order valence-electron chi connectivity index (χ1n) is 7.93. The van der Waals surface area contributed by atoms with Crippen molar-refractivity contribution >= 4 is 0 Å². The predicted octanol–water partition coefficient (Wildman–Crippen LogP) is 3.86. The molecule has 18 heavy (non-hydrogen) atoms. The lowest BCUT2D eigenvalue weighted by Gasteiger charge is -2.26. The van der Waals surface area contributed by atoms with E-state index in [0.29, 0.717) is 0 Å². The van der Waals surface area contributed by atoms with Gasteiger partial charge in [0.2, 0.25) is 0 Å². The minimum Gasteiger partial charge on any atom is -0.385 e. The van der Waals surface area contributed by atoms with Crippen LogP contribution in [0.2, 0.25) is 0 Å². The maximum Gasteiger partial charge on any atom is 0.0462 e. The van der Waals surface area contributed by atoms with Gasteiger partial charge in [-0.1, -0.05) is 39.5 Å². The van der Waals surface area contributed by atoms with Crippen LogP contribution in [0.1, 0.15) is 58.8 Å². The quantitative estimate of drug-likeness (QED) is 0.525. The number of rotatable bonds is 8. The van der Waals surface area contributed by atoms with E-state index in [1.807, 2.05) is 7.11 Å². The summed E-state index contributed by atoms with van der Waals surface area (Å²) in [4.78, 5) is 0. The average Bonchev–Trinajstić information content (AvgIpc) is 2.55. The second-order valence-electron chi connectivity index (χ2n) is 6.35. The molecule has 0 saturated heterocycles. The minimum atomic E-state index is 0.766. The second kappa shape index (κ2) is 9.80. The summed E-state index contributed by atoms with van der Waals surface area (Å²) in [5, 5.41) is 3.67. The highest BCUT2D eigenvalue weighted by Gasteiger charge is 2.22. The van der Waals surface area contributed by atoms with Crippen LogP contribution in [-0.2, 0) is 4.74 Å². The van der Waals surface area contributed by atoms with Gasteiger partial charge in [0.05, 0.1) is 0 Å². The lowest BCUT2D eigenvalue weighted by molar-refractivity contribution is 0.175. The van der Waals surface area contributed by atoms with E-state index in [1.54, 1.807) is 0 Å². The zero-order chi connectivity index (χ0) is 13.2. The molecule has 0 bridgehead atoms. The van der Waals surface area contributed by atoms with Crippen molar-refractivity contribution in [3.05, 3.63) is 0 Å².